The molecule has 0 saturated heterocycles. The van der Waals surface area contributed by atoms with Gasteiger partial charge in [0.1, 0.15) is 5.82 Å². The molecule has 1 heterocycles. The molecule has 0 fully saturated rings. The van der Waals surface area contributed by atoms with Gasteiger partial charge in [-0.05, 0) is 73.0 Å². The fraction of sp³-hybridized carbons (Fsp3) is 0.231. The summed E-state index contributed by atoms with van der Waals surface area (Å²) in [5, 5.41) is 3.07. The number of methoxy groups -OCH3 is 2. The lowest BCUT2D eigenvalue weighted by Gasteiger charge is -2.38. The number of rotatable bonds is 5. The Kier molecular flexibility index (Phi) is 6.75. The molecule has 4 rings (SSSR count). The van der Waals surface area contributed by atoms with Crippen LogP contribution in [0.4, 0.5) is 14.9 Å². The lowest BCUT2D eigenvalue weighted by molar-refractivity contribution is 0.101. The van der Waals surface area contributed by atoms with Gasteiger partial charge in [0.05, 0.1) is 20.3 Å². The molecule has 0 saturated carbocycles. The smallest absolute Gasteiger partial charge is 0.322 e. The number of carbonyl (C=O) groups excluding carboxylic acids is 2. The lowest BCUT2D eigenvalue weighted by atomic mass is 9.87. The summed E-state index contributed by atoms with van der Waals surface area (Å²) in [4.78, 5) is 26.5. The number of hydrogen-bond acceptors (Lipinski definition) is 4. The number of benzene rings is 3. The maximum absolute atomic E-state index is 15.1. The van der Waals surface area contributed by atoms with E-state index in [-0.39, 0.29) is 16.4 Å². The Bertz CT molecular complexity index is 1230. The van der Waals surface area contributed by atoms with Crippen molar-refractivity contribution in [3.05, 3.63) is 87.7 Å². The second-order valence-electron chi connectivity index (χ2n) is 7.95. The average Bonchev–Trinajstić information content (AvgIpc) is 2.83. The molecule has 6 nitrogen and oxygen atoms in total. The van der Waals surface area contributed by atoms with Crippen LogP contribution < -0.4 is 14.8 Å². The van der Waals surface area contributed by atoms with Gasteiger partial charge in [-0.2, -0.15) is 0 Å². The van der Waals surface area contributed by atoms with Crippen LogP contribution >= 0.6 is 11.6 Å². The number of ether oxygens (including phenoxy) is 2. The number of urea groups is 1. The first-order valence-electron chi connectivity index (χ1n) is 10.7. The minimum Gasteiger partial charge on any atom is -0.493 e. The van der Waals surface area contributed by atoms with Gasteiger partial charge in [0.2, 0.25) is 0 Å². The van der Waals surface area contributed by atoms with Gasteiger partial charge in [-0.25, -0.2) is 9.18 Å². The Labute approximate surface area is 202 Å². The molecule has 2 amide bonds. The van der Waals surface area contributed by atoms with E-state index in [1.807, 2.05) is 6.07 Å². The van der Waals surface area contributed by atoms with Crippen LogP contribution in [-0.2, 0) is 6.42 Å². The largest absolute Gasteiger partial charge is 0.493 e. The van der Waals surface area contributed by atoms with Crippen LogP contribution in [0.1, 0.15) is 40.0 Å². The lowest BCUT2D eigenvalue weighted by Crippen LogP contribution is -2.43. The first-order valence-corrected chi connectivity index (χ1v) is 11.1. The maximum atomic E-state index is 15.1. The first-order chi connectivity index (χ1) is 16.3. The first kappa shape index (κ1) is 23.6. The second-order valence-corrected chi connectivity index (χ2v) is 8.36. The average molecular weight is 483 g/mol. The van der Waals surface area contributed by atoms with Crippen LogP contribution in [0, 0.1) is 5.82 Å². The van der Waals surface area contributed by atoms with Crippen LogP contribution in [0.3, 0.4) is 0 Å². The zero-order valence-electron chi connectivity index (χ0n) is 19.0. The van der Waals surface area contributed by atoms with E-state index in [0.29, 0.717) is 41.3 Å². The fourth-order valence-corrected chi connectivity index (χ4v) is 4.50. The topological polar surface area (TPSA) is 67.9 Å². The summed E-state index contributed by atoms with van der Waals surface area (Å²) in [7, 11) is 3.07. The zero-order valence-corrected chi connectivity index (χ0v) is 19.8. The van der Waals surface area contributed by atoms with Crippen molar-refractivity contribution in [2.75, 3.05) is 26.1 Å². The summed E-state index contributed by atoms with van der Waals surface area (Å²) < 4.78 is 26.0. The van der Waals surface area contributed by atoms with Gasteiger partial charge >= 0.3 is 6.03 Å². The number of ketones is 1. The number of halogens is 2. The van der Waals surface area contributed by atoms with Crippen molar-refractivity contribution in [3.63, 3.8) is 0 Å². The van der Waals surface area contributed by atoms with Gasteiger partial charge in [0.25, 0.3) is 0 Å². The van der Waals surface area contributed by atoms with E-state index in [0.717, 1.165) is 5.56 Å². The maximum Gasteiger partial charge on any atom is 0.322 e. The Morgan fingerprint density at radius 2 is 1.74 bits per heavy atom. The van der Waals surface area contributed by atoms with Crippen molar-refractivity contribution in [2.24, 2.45) is 0 Å². The second kappa shape index (κ2) is 9.73. The van der Waals surface area contributed by atoms with Crippen molar-refractivity contribution < 1.29 is 23.5 Å². The van der Waals surface area contributed by atoms with E-state index in [1.165, 1.54) is 26.2 Å². The number of carbonyl (C=O) groups is 2. The number of nitrogens with zero attached hydrogens (tertiary/aromatic N) is 1. The van der Waals surface area contributed by atoms with Gasteiger partial charge in [-0.3, -0.25) is 4.79 Å². The van der Waals surface area contributed by atoms with Crippen molar-refractivity contribution in [1.29, 1.82) is 0 Å². The molecule has 3 aromatic rings. The Hall–Kier alpha value is -3.58. The van der Waals surface area contributed by atoms with Gasteiger partial charge in [-0.1, -0.05) is 17.7 Å². The van der Waals surface area contributed by atoms with E-state index < -0.39 is 17.9 Å². The minimum absolute atomic E-state index is 0.0656. The number of nitrogens with one attached hydrogen (secondary N) is 1. The summed E-state index contributed by atoms with van der Waals surface area (Å²) in [6, 6.07) is 13.5. The number of hydrogen-bond donors (Lipinski definition) is 1. The Morgan fingerprint density at radius 1 is 1.06 bits per heavy atom. The highest BCUT2D eigenvalue weighted by molar-refractivity contribution is 6.31. The van der Waals surface area contributed by atoms with E-state index >= 15 is 4.39 Å². The number of fused-ring (bicyclic) bond motifs is 1. The fourth-order valence-electron chi connectivity index (χ4n) is 4.23. The van der Waals surface area contributed by atoms with Gasteiger partial charge in [0, 0.05) is 28.4 Å². The van der Waals surface area contributed by atoms with Crippen molar-refractivity contribution in [1.82, 2.24) is 4.90 Å². The Balaban J connectivity index is 1.77. The Morgan fingerprint density at radius 3 is 2.35 bits per heavy atom. The van der Waals surface area contributed by atoms with E-state index in [4.69, 9.17) is 21.1 Å². The molecule has 8 heteroatoms. The van der Waals surface area contributed by atoms with Crippen molar-refractivity contribution in [3.8, 4) is 11.5 Å². The van der Waals surface area contributed by atoms with Gasteiger partial charge < -0.3 is 19.7 Å². The highest BCUT2D eigenvalue weighted by Gasteiger charge is 2.36. The summed E-state index contributed by atoms with van der Waals surface area (Å²) >= 11 is 6.45. The number of amides is 2. The standard InChI is InChI=1S/C26H24ClFN2O4/c1-15(31)16-7-9-18(10-8-16)29-26(32)30-12-11-17-13-22(33-2)23(34-3)14-19(17)25(30)24-20(27)5-4-6-21(24)28/h4-10,13-14,25H,11-12H2,1-3H3,(H,29,32)/t25-/m0/s1. The number of anilines is 1. The molecule has 0 aromatic heterocycles. The molecule has 34 heavy (non-hydrogen) atoms. The zero-order chi connectivity index (χ0) is 24.4. The van der Waals surface area contributed by atoms with Crippen LogP contribution in [0.2, 0.25) is 5.02 Å². The van der Waals surface area contributed by atoms with Crippen molar-refractivity contribution in [2.45, 2.75) is 19.4 Å². The van der Waals surface area contributed by atoms with Crippen LogP contribution in [-0.4, -0.2) is 37.5 Å². The highest BCUT2D eigenvalue weighted by atomic mass is 35.5. The SMILES string of the molecule is COc1cc2c(cc1OC)[C@@H](c1c(F)cccc1Cl)N(C(=O)Nc1ccc(C(C)=O)cc1)CC2. The number of Topliss-reactive ketones (excluding diaryl/α,β-unsaturated/α-hetero) is 1. The molecule has 176 valence electrons. The predicted octanol–water partition coefficient (Wildman–Crippen LogP) is 5.88. The molecule has 0 unspecified atom stereocenters. The van der Waals surface area contributed by atoms with E-state index in [2.05, 4.69) is 5.32 Å². The minimum atomic E-state index is -0.784. The summed E-state index contributed by atoms with van der Waals surface area (Å²) in [5.41, 5.74) is 2.89. The van der Waals surface area contributed by atoms with Crippen LogP contribution in [0.5, 0.6) is 11.5 Å². The monoisotopic (exact) mass is 482 g/mol. The van der Waals surface area contributed by atoms with Crippen LogP contribution in [0.15, 0.2) is 54.6 Å². The van der Waals surface area contributed by atoms with Crippen molar-refractivity contribution >= 4 is 29.1 Å². The molecular weight excluding hydrogens is 459 g/mol. The molecular formula is C26H24ClFN2O4. The third-order valence-electron chi connectivity index (χ3n) is 5.95. The third-order valence-corrected chi connectivity index (χ3v) is 6.28. The van der Waals surface area contributed by atoms with Crippen LogP contribution in [0.25, 0.3) is 0 Å². The van der Waals surface area contributed by atoms with Gasteiger partial charge in [-0.15, -0.1) is 0 Å². The van der Waals surface area contributed by atoms with E-state index in [1.54, 1.807) is 48.4 Å². The predicted molar refractivity (Wildman–Crippen MR) is 129 cm³/mol. The summed E-state index contributed by atoms with van der Waals surface area (Å²) in [6.45, 7) is 1.81. The molecule has 0 aliphatic carbocycles. The third kappa shape index (κ3) is 4.43. The molecule has 1 atom stereocenters. The summed E-state index contributed by atoms with van der Waals surface area (Å²) in [6.07, 6.45) is 0.537. The molecule has 0 bridgehead atoms. The van der Waals surface area contributed by atoms with Gasteiger partial charge in [0.15, 0.2) is 17.3 Å². The molecule has 1 N–H and O–H groups in total. The molecule has 3 aromatic carbocycles. The molecule has 1 aliphatic rings. The quantitative estimate of drug-likeness (QED) is 0.461. The highest BCUT2D eigenvalue weighted by Crippen LogP contribution is 2.43. The summed E-state index contributed by atoms with van der Waals surface area (Å²) in [5.74, 6) is 0.455. The normalized spacial score (nSPS) is 14.9. The molecule has 0 spiro atoms. The van der Waals surface area contributed by atoms with E-state index in [9.17, 15) is 9.59 Å². The molecule has 0 radical (unpaired) electrons. The molecule has 1 aliphatic heterocycles.